The van der Waals surface area contributed by atoms with Gasteiger partial charge in [-0.05, 0) is 23.5 Å². The number of non-ortho nitro benzene ring substituents is 1. The van der Waals surface area contributed by atoms with E-state index in [0.717, 1.165) is 17.5 Å². The molecule has 1 aliphatic heterocycles. The monoisotopic (exact) mass is 335 g/mol. The number of carbonyl (C=O) groups is 1. The number of nitro groups is 1. The van der Waals surface area contributed by atoms with E-state index >= 15 is 0 Å². The van der Waals surface area contributed by atoms with Crippen LogP contribution in [0.15, 0.2) is 54.6 Å². The lowest BCUT2D eigenvalue weighted by molar-refractivity contribution is -0.384. The number of fused-ring (bicyclic) bond motifs is 3. The minimum absolute atomic E-state index is 0.0285. The summed E-state index contributed by atoms with van der Waals surface area (Å²) in [5.41, 5.74) is 2.41. The van der Waals surface area contributed by atoms with Gasteiger partial charge in [0.1, 0.15) is 0 Å². The van der Waals surface area contributed by atoms with E-state index in [1.165, 1.54) is 12.1 Å². The number of aromatic carboxylic acids is 1. The van der Waals surface area contributed by atoms with Crippen molar-refractivity contribution in [2.45, 2.75) is 18.4 Å². The van der Waals surface area contributed by atoms with Gasteiger partial charge in [0.2, 0.25) is 0 Å². The zero-order valence-electron chi connectivity index (χ0n) is 13.2. The van der Waals surface area contributed by atoms with Crippen LogP contribution < -0.4 is 10.4 Å². The first-order chi connectivity index (χ1) is 12.1. The Balaban J connectivity index is 1.83. The van der Waals surface area contributed by atoms with Gasteiger partial charge in [-0.2, -0.15) is 0 Å². The van der Waals surface area contributed by atoms with Crippen LogP contribution in [-0.4, -0.2) is 10.9 Å². The van der Waals surface area contributed by atoms with Gasteiger partial charge in [-0.3, -0.25) is 10.1 Å². The summed E-state index contributed by atoms with van der Waals surface area (Å²) in [5, 5.41) is 25.9. The highest BCUT2D eigenvalue weighted by atomic mass is 16.6. The third-order valence-corrected chi connectivity index (χ3v) is 5.06. The highest BCUT2D eigenvalue weighted by molar-refractivity contribution is 5.94. The van der Waals surface area contributed by atoms with Gasteiger partial charge in [0.05, 0.1) is 16.9 Å². The summed E-state index contributed by atoms with van der Waals surface area (Å²) in [7, 11) is 0. The molecule has 0 radical (unpaired) electrons. The van der Waals surface area contributed by atoms with Crippen LogP contribution in [-0.2, 0) is 0 Å². The topological polar surface area (TPSA) is 95.3 Å². The van der Waals surface area contributed by atoms with Gasteiger partial charge in [-0.1, -0.05) is 42.5 Å². The van der Waals surface area contributed by atoms with Gasteiger partial charge in [0.15, 0.2) is 0 Å². The Morgan fingerprint density at radius 1 is 1.20 bits per heavy atom. The van der Waals surface area contributed by atoms with E-state index in [0.29, 0.717) is 5.69 Å². The number of anilines is 1. The number of carbonyl (C=O) groups excluding carboxylic acids is 1. The maximum atomic E-state index is 11.5. The quantitative estimate of drug-likeness (QED) is 0.529. The minimum atomic E-state index is -1.23. The molecular formula is C19H15N2O4-. The van der Waals surface area contributed by atoms with Crippen molar-refractivity contribution in [2.24, 2.45) is 5.92 Å². The number of benzene rings is 2. The molecule has 0 saturated carbocycles. The zero-order valence-corrected chi connectivity index (χ0v) is 13.2. The van der Waals surface area contributed by atoms with Crippen LogP contribution in [0.5, 0.6) is 0 Å². The second-order valence-electron chi connectivity index (χ2n) is 6.38. The van der Waals surface area contributed by atoms with E-state index in [2.05, 4.69) is 17.5 Å². The number of carboxylic acid groups (broad SMARTS) is 1. The molecule has 4 rings (SSSR count). The number of rotatable bonds is 3. The predicted molar refractivity (Wildman–Crippen MR) is 90.2 cm³/mol. The fourth-order valence-electron chi connectivity index (χ4n) is 3.95. The molecule has 0 bridgehead atoms. The molecule has 0 fully saturated rings. The van der Waals surface area contributed by atoms with Crippen molar-refractivity contribution in [2.75, 3.05) is 5.32 Å². The molecule has 2 aromatic rings. The van der Waals surface area contributed by atoms with Crippen LogP contribution in [0.1, 0.15) is 39.9 Å². The van der Waals surface area contributed by atoms with Gasteiger partial charge >= 0.3 is 0 Å². The SMILES string of the molecule is O=C([O-])c1cccc2c1N[C@@H](c1cccc([N+](=O)[O-])c1)[C@@H]1CC=C[C@H]21. The average Bonchev–Trinajstić information content (AvgIpc) is 3.10. The lowest BCUT2D eigenvalue weighted by Crippen LogP contribution is -2.32. The van der Waals surface area contributed by atoms with Crippen molar-refractivity contribution in [1.29, 1.82) is 0 Å². The van der Waals surface area contributed by atoms with Crippen molar-refractivity contribution >= 4 is 17.3 Å². The van der Waals surface area contributed by atoms with Gasteiger partial charge < -0.3 is 15.2 Å². The van der Waals surface area contributed by atoms with Crippen molar-refractivity contribution < 1.29 is 14.8 Å². The number of nitrogens with one attached hydrogen (secondary N) is 1. The van der Waals surface area contributed by atoms with Crippen LogP contribution in [0.4, 0.5) is 11.4 Å². The van der Waals surface area contributed by atoms with E-state index in [9.17, 15) is 20.0 Å². The predicted octanol–water partition coefficient (Wildman–Crippen LogP) is 2.78. The second kappa shape index (κ2) is 5.73. The fourth-order valence-corrected chi connectivity index (χ4v) is 3.95. The molecule has 1 aliphatic carbocycles. The first-order valence-corrected chi connectivity index (χ1v) is 8.08. The Morgan fingerprint density at radius 2 is 2.00 bits per heavy atom. The fraction of sp³-hybridized carbons (Fsp3) is 0.211. The Kier molecular flexibility index (Phi) is 3.53. The molecule has 0 amide bonds. The van der Waals surface area contributed by atoms with Crippen LogP contribution in [0, 0.1) is 16.0 Å². The van der Waals surface area contributed by atoms with Crippen LogP contribution in [0.25, 0.3) is 0 Å². The Labute approximate surface area is 144 Å². The van der Waals surface area contributed by atoms with Crippen LogP contribution in [0.2, 0.25) is 0 Å². The molecule has 0 saturated heterocycles. The van der Waals surface area contributed by atoms with E-state index < -0.39 is 10.9 Å². The van der Waals surface area contributed by atoms with E-state index in [1.807, 2.05) is 12.1 Å². The molecule has 1 heterocycles. The molecule has 0 spiro atoms. The first-order valence-electron chi connectivity index (χ1n) is 8.08. The standard InChI is InChI=1S/C19H16N2O4/c22-19(23)16-9-3-8-15-13-6-2-7-14(13)17(20-18(15)16)11-4-1-5-12(10-11)21(24)25/h1-6,8-10,13-14,17,20H,7H2,(H,22,23)/p-1/t13-,14+,17-/m0/s1. The number of nitro benzene ring substituents is 1. The highest BCUT2D eigenvalue weighted by Crippen LogP contribution is 2.50. The maximum absolute atomic E-state index is 11.5. The Morgan fingerprint density at radius 3 is 2.76 bits per heavy atom. The van der Waals surface area contributed by atoms with Gasteiger partial charge in [0, 0.05) is 29.3 Å². The summed E-state index contributed by atoms with van der Waals surface area (Å²) in [4.78, 5) is 22.2. The minimum Gasteiger partial charge on any atom is -0.545 e. The second-order valence-corrected chi connectivity index (χ2v) is 6.38. The number of carboxylic acids is 1. The zero-order chi connectivity index (χ0) is 17.6. The normalized spacial score (nSPS) is 23.4. The summed E-state index contributed by atoms with van der Waals surface area (Å²) in [6.07, 6.45) is 5.01. The number of hydrogen-bond donors (Lipinski definition) is 1. The summed E-state index contributed by atoms with van der Waals surface area (Å²) in [6.45, 7) is 0. The number of para-hydroxylation sites is 1. The number of nitrogens with zero attached hydrogens (tertiary/aromatic N) is 1. The molecule has 2 aliphatic rings. The molecule has 25 heavy (non-hydrogen) atoms. The Hall–Kier alpha value is -3.15. The Bertz CT molecular complexity index is 906. The molecule has 126 valence electrons. The number of hydrogen-bond acceptors (Lipinski definition) is 5. The van der Waals surface area contributed by atoms with E-state index in [-0.39, 0.29) is 29.1 Å². The molecule has 6 nitrogen and oxygen atoms in total. The third-order valence-electron chi connectivity index (χ3n) is 5.06. The molecular weight excluding hydrogens is 320 g/mol. The molecule has 3 atom stereocenters. The smallest absolute Gasteiger partial charge is 0.269 e. The highest BCUT2D eigenvalue weighted by Gasteiger charge is 2.39. The van der Waals surface area contributed by atoms with Crippen molar-refractivity contribution in [3.63, 3.8) is 0 Å². The summed E-state index contributed by atoms with van der Waals surface area (Å²) in [6, 6.07) is 11.5. The molecule has 0 unspecified atom stereocenters. The van der Waals surface area contributed by atoms with Crippen molar-refractivity contribution in [3.8, 4) is 0 Å². The molecule has 6 heteroatoms. The van der Waals surface area contributed by atoms with E-state index in [1.54, 1.807) is 18.2 Å². The summed E-state index contributed by atoms with van der Waals surface area (Å²) in [5.74, 6) is -0.964. The summed E-state index contributed by atoms with van der Waals surface area (Å²) < 4.78 is 0. The third kappa shape index (κ3) is 2.46. The lowest BCUT2D eigenvalue weighted by atomic mass is 9.76. The van der Waals surface area contributed by atoms with Crippen LogP contribution in [0.3, 0.4) is 0 Å². The van der Waals surface area contributed by atoms with Gasteiger partial charge in [0.25, 0.3) is 5.69 Å². The van der Waals surface area contributed by atoms with Gasteiger partial charge in [-0.25, -0.2) is 0 Å². The van der Waals surface area contributed by atoms with Crippen molar-refractivity contribution in [3.05, 3.63) is 81.4 Å². The number of allylic oxidation sites excluding steroid dienone is 2. The first kappa shape index (κ1) is 15.4. The molecule has 1 N–H and O–H groups in total. The molecule has 2 aromatic carbocycles. The van der Waals surface area contributed by atoms with Crippen molar-refractivity contribution in [1.82, 2.24) is 0 Å². The lowest BCUT2D eigenvalue weighted by Gasteiger charge is -2.38. The van der Waals surface area contributed by atoms with Gasteiger partial charge in [-0.15, -0.1) is 0 Å². The average molecular weight is 335 g/mol. The molecule has 0 aromatic heterocycles. The maximum Gasteiger partial charge on any atom is 0.269 e. The van der Waals surface area contributed by atoms with Crippen LogP contribution >= 0.6 is 0 Å². The summed E-state index contributed by atoms with van der Waals surface area (Å²) >= 11 is 0. The van der Waals surface area contributed by atoms with E-state index in [4.69, 9.17) is 0 Å². The largest absolute Gasteiger partial charge is 0.545 e.